The van der Waals surface area contributed by atoms with Gasteiger partial charge in [-0.25, -0.2) is 0 Å². The molecule has 1 N–H and O–H groups in total. The van der Waals surface area contributed by atoms with Crippen molar-refractivity contribution in [2.24, 2.45) is 9.98 Å². The molecule has 2 rings (SSSR count). The molecule has 7 heteroatoms. The molecule has 1 heterocycles. The maximum absolute atomic E-state index is 10.7. The lowest BCUT2D eigenvalue weighted by Crippen LogP contribution is -2.20. The summed E-state index contributed by atoms with van der Waals surface area (Å²) in [5, 5.41) is 5.47. The molecule has 0 saturated heterocycles. The standard InChI is InChI=1S/C11H9Cl2N3OS/c1-6(17)5-14-10-16-11(18-10)15-9-4-7(12)2-3-8(9)13/h2-4H,5H2,1H3,(H,14,15,16). The first-order chi connectivity index (χ1) is 8.54. The van der Waals surface area contributed by atoms with Gasteiger partial charge in [-0.15, -0.1) is 0 Å². The quantitative estimate of drug-likeness (QED) is 0.930. The fourth-order valence-corrected chi connectivity index (χ4v) is 2.13. The van der Waals surface area contributed by atoms with Crippen molar-refractivity contribution in [2.75, 3.05) is 11.9 Å². The highest BCUT2D eigenvalue weighted by molar-refractivity contribution is 8.29. The summed E-state index contributed by atoms with van der Waals surface area (Å²) in [5.74, 6) is 0.0117. The average molecular weight is 302 g/mol. The Morgan fingerprint density at radius 3 is 2.89 bits per heavy atom. The molecule has 1 aliphatic rings. The Bertz CT molecular complexity index is 557. The van der Waals surface area contributed by atoms with Gasteiger partial charge in [0, 0.05) is 5.02 Å². The average Bonchev–Trinajstić information content (AvgIpc) is 2.25. The van der Waals surface area contributed by atoms with Crippen molar-refractivity contribution >= 4 is 56.8 Å². The molecule has 18 heavy (non-hydrogen) atoms. The Morgan fingerprint density at radius 2 is 2.22 bits per heavy atom. The maximum Gasteiger partial charge on any atom is 0.193 e. The van der Waals surface area contributed by atoms with E-state index >= 15 is 0 Å². The first-order valence-electron chi connectivity index (χ1n) is 5.07. The van der Waals surface area contributed by atoms with Gasteiger partial charge in [0.25, 0.3) is 0 Å². The topological polar surface area (TPSA) is 53.8 Å². The van der Waals surface area contributed by atoms with Crippen LogP contribution in [0.4, 0.5) is 5.69 Å². The normalized spacial score (nSPS) is 16.2. The van der Waals surface area contributed by atoms with Crippen LogP contribution < -0.4 is 5.32 Å². The van der Waals surface area contributed by atoms with Crippen molar-refractivity contribution in [3.8, 4) is 0 Å². The number of anilines is 1. The first kappa shape index (κ1) is 13.4. The summed E-state index contributed by atoms with van der Waals surface area (Å²) in [4.78, 5) is 18.9. The van der Waals surface area contributed by atoms with Gasteiger partial charge in [0.1, 0.15) is 6.54 Å². The van der Waals surface area contributed by atoms with Crippen molar-refractivity contribution in [1.29, 1.82) is 0 Å². The summed E-state index contributed by atoms with van der Waals surface area (Å²) >= 11 is 13.2. The number of hydrogen-bond acceptors (Lipinski definition) is 4. The molecule has 0 spiro atoms. The number of Topliss-reactive ketones (excluding diaryl/α,β-unsaturated/α-hetero) is 1. The molecular weight excluding hydrogens is 293 g/mol. The van der Waals surface area contributed by atoms with Crippen LogP contribution in [0, 0.1) is 0 Å². The Morgan fingerprint density at radius 1 is 1.50 bits per heavy atom. The van der Waals surface area contributed by atoms with Gasteiger partial charge in [0.05, 0.1) is 10.7 Å². The van der Waals surface area contributed by atoms with E-state index in [4.69, 9.17) is 23.2 Å². The van der Waals surface area contributed by atoms with Gasteiger partial charge in [-0.1, -0.05) is 23.2 Å². The Kier molecular flexibility index (Phi) is 4.27. The molecule has 0 aliphatic carbocycles. The molecule has 1 aromatic carbocycles. The van der Waals surface area contributed by atoms with E-state index < -0.39 is 0 Å². The SMILES string of the molecule is CC(=O)CN=C1N=C(Nc2cc(Cl)ccc2Cl)S1. The number of ketones is 1. The molecule has 4 nitrogen and oxygen atoms in total. The van der Waals surface area contributed by atoms with E-state index in [9.17, 15) is 4.79 Å². The third-order valence-corrected chi connectivity index (χ3v) is 3.35. The van der Waals surface area contributed by atoms with Crippen LogP contribution in [0.15, 0.2) is 28.2 Å². The highest BCUT2D eigenvalue weighted by atomic mass is 35.5. The second-order valence-corrected chi connectivity index (χ2v) is 5.37. The summed E-state index contributed by atoms with van der Waals surface area (Å²) < 4.78 is 0. The van der Waals surface area contributed by atoms with E-state index in [0.29, 0.717) is 26.1 Å². The number of rotatable bonds is 3. The maximum atomic E-state index is 10.7. The lowest BCUT2D eigenvalue weighted by atomic mass is 10.3. The molecule has 0 aromatic heterocycles. The summed E-state index contributed by atoms with van der Waals surface area (Å²) in [5.41, 5.74) is 0.695. The van der Waals surface area contributed by atoms with Gasteiger partial charge in [0.2, 0.25) is 0 Å². The van der Waals surface area contributed by atoms with Gasteiger partial charge >= 0.3 is 0 Å². The van der Waals surface area contributed by atoms with Crippen LogP contribution in [0.25, 0.3) is 0 Å². The Hall–Kier alpha value is -1.04. The van der Waals surface area contributed by atoms with Crippen LogP contribution in [0.3, 0.4) is 0 Å². The van der Waals surface area contributed by atoms with E-state index in [2.05, 4.69) is 15.3 Å². The third kappa shape index (κ3) is 3.48. The minimum atomic E-state index is 0.0117. The molecule has 1 aliphatic heterocycles. The fourth-order valence-electron chi connectivity index (χ4n) is 1.19. The van der Waals surface area contributed by atoms with Gasteiger partial charge in [0.15, 0.2) is 16.1 Å². The zero-order valence-corrected chi connectivity index (χ0v) is 11.7. The number of nitrogens with zero attached hydrogens (tertiary/aromatic N) is 2. The predicted octanol–water partition coefficient (Wildman–Crippen LogP) is 3.45. The van der Waals surface area contributed by atoms with Crippen LogP contribution in [0.2, 0.25) is 10.0 Å². The van der Waals surface area contributed by atoms with E-state index in [1.54, 1.807) is 18.2 Å². The Balaban J connectivity index is 2.01. The highest BCUT2D eigenvalue weighted by Gasteiger charge is 2.18. The molecule has 0 atom stereocenters. The zero-order valence-electron chi connectivity index (χ0n) is 9.41. The highest BCUT2D eigenvalue weighted by Crippen LogP contribution is 2.29. The number of benzene rings is 1. The molecule has 94 valence electrons. The van der Waals surface area contributed by atoms with Crippen LogP contribution in [-0.4, -0.2) is 22.7 Å². The number of amidine groups is 2. The van der Waals surface area contributed by atoms with Crippen molar-refractivity contribution in [3.63, 3.8) is 0 Å². The number of aliphatic imine (C=N–C) groups is 2. The van der Waals surface area contributed by atoms with Crippen LogP contribution in [-0.2, 0) is 4.79 Å². The molecule has 1 aromatic rings. The van der Waals surface area contributed by atoms with E-state index in [1.165, 1.54) is 18.7 Å². The van der Waals surface area contributed by atoms with Crippen molar-refractivity contribution in [2.45, 2.75) is 6.92 Å². The van der Waals surface area contributed by atoms with Gasteiger partial charge in [-0.2, -0.15) is 4.99 Å². The van der Waals surface area contributed by atoms with Crippen molar-refractivity contribution in [3.05, 3.63) is 28.2 Å². The summed E-state index contributed by atoms with van der Waals surface area (Å²) in [6.07, 6.45) is 0. The second kappa shape index (κ2) is 5.73. The fraction of sp³-hybridized carbons (Fsp3) is 0.182. The van der Waals surface area contributed by atoms with Gasteiger partial charge < -0.3 is 5.32 Å². The minimum absolute atomic E-state index is 0.0117. The molecule has 0 unspecified atom stereocenters. The molecule has 0 radical (unpaired) electrons. The van der Waals surface area contributed by atoms with Crippen molar-refractivity contribution < 1.29 is 4.79 Å². The first-order valence-corrected chi connectivity index (χ1v) is 6.64. The monoisotopic (exact) mass is 301 g/mol. The largest absolute Gasteiger partial charge is 0.333 e. The predicted molar refractivity (Wildman–Crippen MR) is 78.1 cm³/mol. The van der Waals surface area contributed by atoms with Gasteiger partial charge in [-0.05, 0) is 36.9 Å². The number of carbonyl (C=O) groups is 1. The molecule has 0 saturated carbocycles. The Labute approximate surface area is 118 Å². The number of thioether (sulfide) groups is 1. The number of carbonyl (C=O) groups excluding carboxylic acids is 1. The lowest BCUT2D eigenvalue weighted by molar-refractivity contribution is -0.115. The third-order valence-electron chi connectivity index (χ3n) is 1.99. The summed E-state index contributed by atoms with van der Waals surface area (Å²) in [6.45, 7) is 1.65. The second-order valence-electron chi connectivity index (χ2n) is 3.57. The molecule has 0 amide bonds. The van der Waals surface area contributed by atoms with E-state index in [0.717, 1.165) is 0 Å². The van der Waals surface area contributed by atoms with E-state index in [-0.39, 0.29) is 12.3 Å². The number of halogens is 2. The summed E-state index contributed by atoms with van der Waals surface area (Å²) in [7, 11) is 0. The smallest absolute Gasteiger partial charge is 0.193 e. The zero-order chi connectivity index (χ0) is 13.1. The van der Waals surface area contributed by atoms with E-state index in [1.807, 2.05) is 0 Å². The number of hydrogen-bond donors (Lipinski definition) is 1. The van der Waals surface area contributed by atoms with Gasteiger partial charge in [-0.3, -0.25) is 9.79 Å². The minimum Gasteiger partial charge on any atom is -0.333 e. The lowest BCUT2D eigenvalue weighted by Gasteiger charge is -2.16. The summed E-state index contributed by atoms with van der Waals surface area (Å²) in [6, 6.07) is 5.14. The molecule has 0 fully saturated rings. The van der Waals surface area contributed by atoms with Crippen LogP contribution in [0.5, 0.6) is 0 Å². The number of nitrogens with one attached hydrogen (secondary N) is 1. The molecule has 0 bridgehead atoms. The van der Waals surface area contributed by atoms with Crippen LogP contribution in [0.1, 0.15) is 6.92 Å². The molecular formula is C11H9Cl2N3OS. The van der Waals surface area contributed by atoms with Crippen molar-refractivity contribution in [1.82, 2.24) is 0 Å². The van der Waals surface area contributed by atoms with Crippen LogP contribution >= 0.6 is 35.0 Å².